The van der Waals surface area contributed by atoms with Gasteiger partial charge in [0.1, 0.15) is 5.75 Å². The summed E-state index contributed by atoms with van der Waals surface area (Å²) in [6, 6.07) is 3.50. The van der Waals surface area contributed by atoms with Crippen molar-refractivity contribution in [1.29, 1.82) is 0 Å². The van der Waals surface area contributed by atoms with E-state index in [1.54, 1.807) is 12.1 Å². The summed E-state index contributed by atoms with van der Waals surface area (Å²) >= 11 is 5.97. The summed E-state index contributed by atoms with van der Waals surface area (Å²) in [7, 11) is 1.51. The number of aryl methyl sites for hydroxylation is 1. The van der Waals surface area contributed by atoms with Gasteiger partial charge in [0.15, 0.2) is 0 Å². The number of halogens is 1. The molecule has 0 heterocycles. The molecule has 0 unspecified atom stereocenters. The van der Waals surface area contributed by atoms with Crippen molar-refractivity contribution in [2.75, 3.05) is 7.11 Å². The minimum atomic E-state index is -0.905. The molecule has 0 aliphatic rings. The highest BCUT2D eigenvalue weighted by molar-refractivity contribution is 6.33. The largest absolute Gasteiger partial charge is 0.495 e. The Morgan fingerprint density at radius 2 is 2.21 bits per heavy atom. The molecule has 0 saturated heterocycles. The lowest BCUT2D eigenvalue weighted by molar-refractivity contribution is -0.136. The summed E-state index contributed by atoms with van der Waals surface area (Å²) in [5, 5.41) is 9.01. The third-order valence-electron chi connectivity index (χ3n) is 1.92. The molecular formula is C10H11ClO3. The second-order valence-electron chi connectivity index (χ2n) is 2.96. The molecule has 3 nitrogen and oxygen atoms in total. The predicted molar refractivity (Wildman–Crippen MR) is 54.1 cm³/mol. The lowest BCUT2D eigenvalue weighted by Crippen LogP contribution is -2.02. The second-order valence-corrected chi connectivity index (χ2v) is 3.34. The van der Waals surface area contributed by atoms with E-state index in [2.05, 4.69) is 0 Å². The standard InChI is InChI=1S/C10H11ClO3/c1-6-3-4-7(5-8(12)13)9(11)10(6)14-2/h3-4H,5H2,1-2H3,(H,12,13). The van der Waals surface area contributed by atoms with E-state index in [1.165, 1.54) is 7.11 Å². The third kappa shape index (κ3) is 2.17. The van der Waals surface area contributed by atoms with Crippen molar-refractivity contribution in [2.24, 2.45) is 0 Å². The van der Waals surface area contributed by atoms with Gasteiger partial charge in [-0.15, -0.1) is 0 Å². The Balaban J connectivity index is 3.14. The van der Waals surface area contributed by atoms with Gasteiger partial charge < -0.3 is 9.84 Å². The molecule has 0 aromatic heterocycles. The molecule has 0 spiro atoms. The van der Waals surface area contributed by atoms with E-state index in [0.29, 0.717) is 16.3 Å². The number of hydrogen-bond donors (Lipinski definition) is 1. The van der Waals surface area contributed by atoms with Gasteiger partial charge in [-0.25, -0.2) is 0 Å². The van der Waals surface area contributed by atoms with Crippen LogP contribution in [0.15, 0.2) is 12.1 Å². The second kappa shape index (κ2) is 4.33. The van der Waals surface area contributed by atoms with Gasteiger partial charge in [-0.3, -0.25) is 4.79 Å². The minimum Gasteiger partial charge on any atom is -0.495 e. The molecule has 1 N–H and O–H groups in total. The Kier molecular flexibility index (Phi) is 3.36. The fourth-order valence-electron chi connectivity index (χ4n) is 1.24. The van der Waals surface area contributed by atoms with Crippen LogP contribution in [0.2, 0.25) is 5.02 Å². The zero-order valence-electron chi connectivity index (χ0n) is 8.00. The zero-order chi connectivity index (χ0) is 10.7. The van der Waals surface area contributed by atoms with Crippen molar-refractivity contribution in [1.82, 2.24) is 0 Å². The Morgan fingerprint density at radius 1 is 1.57 bits per heavy atom. The number of rotatable bonds is 3. The maximum atomic E-state index is 10.5. The van der Waals surface area contributed by atoms with Crippen molar-refractivity contribution >= 4 is 17.6 Å². The van der Waals surface area contributed by atoms with Crippen LogP contribution in [0.3, 0.4) is 0 Å². The highest BCUT2D eigenvalue weighted by atomic mass is 35.5. The molecule has 1 rings (SSSR count). The SMILES string of the molecule is COc1c(C)ccc(CC(=O)O)c1Cl. The average molecular weight is 215 g/mol. The first-order valence-electron chi connectivity index (χ1n) is 4.10. The van der Waals surface area contributed by atoms with E-state index >= 15 is 0 Å². The number of methoxy groups -OCH3 is 1. The monoisotopic (exact) mass is 214 g/mol. The fourth-order valence-corrected chi connectivity index (χ4v) is 1.60. The van der Waals surface area contributed by atoms with Crippen LogP contribution in [-0.2, 0) is 11.2 Å². The molecule has 0 aliphatic carbocycles. The average Bonchev–Trinajstić information content (AvgIpc) is 2.10. The van der Waals surface area contributed by atoms with Crippen molar-refractivity contribution in [3.63, 3.8) is 0 Å². The maximum Gasteiger partial charge on any atom is 0.307 e. The number of carbonyl (C=O) groups is 1. The third-order valence-corrected chi connectivity index (χ3v) is 2.33. The van der Waals surface area contributed by atoms with Gasteiger partial charge in [0.2, 0.25) is 0 Å². The van der Waals surface area contributed by atoms with Crippen LogP contribution in [-0.4, -0.2) is 18.2 Å². The summed E-state index contributed by atoms with van der Waals surface area (Å²) in [6.45, 7) is 1.86. The summed E-state index contributed by atoms with van der Waals surface area (Å²) in [5.74, 6) is -0.358. The van der Waals surface area contributed by atoms with Crippen LogP contribution in [0.5, 0.6) is 5.75 Å². The van der Waals surface area contributed by atoms with Gasteiger partial charge in [0.25, 0.3) is 0 Å². The first-order chi connectivity index (χ1) is 6.56. The van der Waals surface area contributed by atoms with Gasteiger partial charge in [-0.1, -0.05) is 23.7 Å². The van der Waals surface area contributed by atoms with E-state index in [9.17, 15) is 4.79 Å². The number of aliphatic carboxylic acids is 1. The molecule has 0 fully saturated rings. The van der Waals surface area contributed by atoms with Gasteiger partial charge in [-0.2, -0.15) is 0 Å². The quantitative estimate of drug-likeness (QED) is 0.840. The van der Waals surface area contributed by atoms with Crippen molar-refractivity contribution in [3.8, 4) is 5.75 Å². The number of carboxylic acid groups (broad SMARTS) is 1. The number of hydrogen-bond acceptors (Lipinski definition) is 2. The zero-order valence-corrected chi connectivity index (χ0v) is 8.76. The maximum absolute atomic E-state index is 10.5. The van der Waals surface area contributed by atoms with E-state index in [0.717, 1.165) is 5.56 Å². The highest BCUT2D eigenvalue weighted by Crippen LogP contribution is 2.31. The van der Waals surface area contributed by atoms with Crippen LogP contribution in [0.25, 0.3) is 0 Å². The van der Waals surface area contributed by atoms with Gasteiger partial charge in [0.05, 0.1) is 18.6 Å². The summed E-state index contributed by atoms with van der Waals surface area (Å²) in [5.41, 5.74) is 1.47. The topological polar surface area (TPSA) is 46.5 Å². The van der Waals surface area contributed by atoms with E-state index < -0.39 is 5.97 Å². The smallest absolute Gasteiger partial charge is 0.307 e. The first-order valence-corrected chi connectivity index (χ1v) is 4.47. The molecule has 0 aliphatic heterocycles. The highest BCUT2D eigenvalue weighted by Gasteiger charge is 2.11. The van der Waals surface area contributed by atoms with Crippen LogP contribution >= 0.6 is 11.6 Å². The number of benzene rings is 1. The predicted octanol–water partition coefficient (Wildman–Crippen LogP) is 2.28. The Labute approximate surface area is 87.3 Å². The van der Waals surface area contributed by atoms with E-state index in [4.69, 9.17) is 21.4 Å². The Morgan fingerprint density at radius 3 is 2.71 bits per heavy atom. The molecule has 0 atom stereocenters. The molecule has 0 amide bonds. The van der Waals surface area contributed by atoms with E-state index in [-0.39, 0.29) is 6.42 Å². The normalized spacial score (nSPS) is 9.93. The Bertz CT molecular complexity index is 361. The van der Waals surface area contributed by atoms with Crippen LogP contribution in [0.1, 0.15) is 11.1 Å². The molecule has 0 radical (unpaired) electrons. The summed E-state index contributed by atoms with van der Waals surface area (Å²) < 4.78 is 5.07. The molecule has 0 bridgehead atoms. The molecular weight excluding hydrogens is 204 g/mol. The first kappa shape index (κ1) is 10.9. The minimum absolute atomic E-state index is 0.0878. The summed E-state index contributed by atoms with van der Waals surface area (Å²) in [4.78, 5) is 10.5. The number of carboxylic acids is 1. The molecule has 1 aromatic rings. The van der Waals surface area contributed by atoms with Crippen LogP contribution in [0, 0.1) is 6.92 Å². The van der Waals surface area contributed by atoms with Crippen LogP contribution < -0.4 is 4.74 Å². The van der Waals surface area contributed by atoms with Gasteiger partial charge >= 0.3 is 5.97 Å². The molecule has 0 saturated carbocycles. The van der Waals surface area contributed by atoms with Crippen molar-refractivity contribution < 1.29 is 14.6 Å². The molecule has 76 valence electrons. The van der Waals surface area contributed by atoms with Crippen molar-refractivity contribution in [2.45, 2.75) is 13.3 Å². The van der Waals surface area contributed by atoms with Crippen molar-refractivity contribution in [3.05, 3.63) is 28.3 Å². The Hall–Kier alpha value is -1.22. The fraction of sp³-hybridized carbons (Fsp3) is 0.300. The van der Waals surface area contributed by atoms with E-state index in [1.807, 2.05) is 6.92 Å². The van der Waals surface area contributed by atoms with Gasteiger partial charge in [-0.05, 0) is 18.1 Å². The van der Waals surface area contributed by atoms with Gasteiger partial charge in [0, 0.05) is 0 Å². The molecule has 1 aromatic carbocycles. The summed E-state index contributed by atoms with van der Waals surface area (Å²) in [6.07, 6.45) is -0.0878. The number of ether oxygens (including phenoxy) is 1. The lowest BCUT2D eigenvalue weighted by Gasteiger charge is -2.09. The van der Waals surface area contributed by atoms with Crippen LogP contribution in [0.4, 0.5) is 0 Å². The molecule has 4 heteroatoms. The lowest BCUT2D eigenvalue weighted by atomic mass is 10.1. The molecule has 14 heavy (non-hydrogen) atoms.